The molecule has 0 radical (unpaired) electrons. The van der Waals surface area contributed by atoms with Crippen molar-refractivity contribution in [2.24, 2.45) is 11.8 Å². The van der Waals surface area contributed by atoms with E-state index < -0.39 is 11.9 Å². The van der Waals surface area contributed by atoms with E-state index in [1.807, 2.05) is 13.8 Å². The number of ether oxygens (including phenoxy) is 2. The molecule has 0 spiro atoms. The molecule has 4 heteroatoms. The van der Waals surface area contributed by atoms with E-state index in [1.54, 1.807) is 24.3 Å². The molecule has 0 aromatic heterocycles. The highest BCUT2D eigenvalue weighted by molar-refractivity contribution is 6.03. The van der Waals surface area contributed by atoms with Crippen LogP contribution in [0.2, 0.25) is 0 Å². The van der Waals surface area contributed by atoms with E-state index in [9.17, 15) is 9.59 Å². The van der Waals surface area contributed by atoms with Crippen LogP contribution in [0.15, 0.2) is 24.3 Å². The number of benzene rings is 1. The summed E-state index contributed by atoms with van der Waals surface area (Å²) < 4.78 is 11.3. The van der Waals surface area contributed by atoms with Gasteiger partial charge in [0.05, 0.1) is 11.1 Å². The molecule has 1 aromatic carbocycles. The van der Waals surface area contributed by atoms with Gasteiger partial charge in [0, 0.05) is 0 Å². The monoisotopic (exact) mass is 362 g/mol. The number of hydrogen-bond acceptors (Lipinski definition) is 4. The average molecular weight is 363 g/mol. The summed E-state index contributed by atoms with van der Waals surface area (Å²) in [5.41, 5.74) is 0.554. The summed E-state index contributed by atoms with van der Waals surface area (Å²) in [7, 11) is 0. The van der Waals surface area contributed by atoms with Crippen LogP contribution < -0.4 is 0 Å². The normalized spacial score (nSPS) is 13.5. The number of rotatable bonds is 10. The third-order valence-corrected chi connectivity index (χ3v) is 4.29. The standard InChI is InChI=1S/C22H34O4/c1-7-17(13-15(3)4)25-21(23)19-11-9-10-12-20(19)22(24)26-18(8-2)14-16(5)6/h9-12,15-18H,7-8,13-14H2,1-6H3. The fourth-order valence-electron chi connectivity index (χ4n) is 2.92. The Balaban J connectivity index is 2.92. The summed E-state index contributed by atoms with van der Waals surface area (Å²) in [5.74, 6) is -0.0347. The van der Waals surface area contributed by atoms with Crippen molar-refractivity contribution < 1.29 is 19.1 Å². The lowest BCUT2D eigenvalue weighted by atomic mass is 10.0. The Bertz CT molecular complexity index is 526. The number of esters is 2. The molecule has 1 rings (SSSR count). The summed E-state index contributed by atoms with van der Waals surface area (Å²) in [6.45, 7) is 12.4. The predicted octanol–water partition coefficient (Wildman–Crippen LogP) is 5.65. The van der Waals surface area contributed by atoms with Gasteiger partial charge in [-0.15, -0.1) is 0 Å². The SMILES string of the molecule is CCC(CC(C)C)OC(=O)c1ccccc1C(=O)OC(CC)CC(C)C. The molecule has 0 bridgehead atoms. The van der Waals surface area contributed by atoms with Crippen LogP contribution in [0.4, 0.5) is 0 Å². The number of carbonyl (C=O) groups is 2. The van der Waals surface area contributed by atoms with Crippen LogP contribution in [0.1, 0.15) is 87.9 Å². The van der Waals surface area contributed by atoms with Crippen LogP contribution in [0.5, 0.6) is 0 Å². The molecule has 1 aromatic rings. The maximum Gasteiger partial charge on any atom is 0.339 e. The molecule has 146 valence electrons. The zero-order valence-electron chi connectivity index (χ0n) is 17.1. The molecule has 0 fully saturated rings. The van der Waals surface area contributed by atoms with Crippen LogP contribution >= 0.6 is 0 Å². The lowest BCUT2D eigenvalue weighted by molar-refractivity contribution is 0.0196. The second-order valence-corrected chi connectivity index (χ2v) is 7.68. The first-order valence-corrected chi connectivity index (χ1v) is 9.79. The van der Waals surface area contributed by atoms with Crippen LogP contribution in [-0.4, -0.2) is 24.1 Å². The smallest absolute Gasteiger partial charge is 0.339 e. The van der Waals surface area contributed by atoms with Crippen LogP contribution in [0.25, 0.3) is 0 Å². The third kappa shape index (κ3) is 7.19. The van der Waals surface area contributed by atoms with Crippen LogP contribution in [0, 0.1) is 11.8 Å². The summed E-state index contributed by atoms with van der Waals surface area (Å²) in [6.07, 6.45) is 2.83. The molecule has 0 aliphatic carbocycles. The maximum absolute atomic E-state index is 12.6. The molecule has 2 atom stereocenters. The Kier molecular flexibility index (Phi) is 9.39. The Morgan fingerprint density at radius 3 is 1.38 bits per heavy atom. The van der Waals surface area contributed by atoms with Gasteiger partial charge in [-0.2, -0.15) is 0 Å². The van der Waals surface area contributed by atoms with Crippen LogP contribution in [0.3, 0.4) is 0 Å². The lowest BCUT2D eigenvalue weighted by Crippen LogP contribution is -2.24. The Morgan fingerprint density at radius 1 is 0.769 bits per heavy atom. The summed E-state index contributed by atoms with van der Waals surface area (Å²) in [5, 5.41) is 0. The van der Waals surface area contributed by atoms with Crippen LogP contribution in [-0.2, 0) is 9.47 Å². The van der Waals surface area contributed by atoms with Gasteiger partial charge < -0.3 is 9.47 Å². The molecule has 0 aliphatic heterocycles. The summed E-state index contributed by atoms with van der Waals surface area (Å²) >= 11 is 0. The molecule has 0 amide bonds. The minimum atomic E-state index is -0.457. The molecule has 0 saturated carbocycles. The van der Waals surface area contributed by atoms with E-state index in [1.165, 1.54) is 0 Å². The topological polar surface area (TPSA) is 52.6 Å². The van der Waals surface area contributed by atoms with Crippen molar-refractivity contribution in [3.05, 3.63) is 35.4 Å². The zero-order valence-corrected chi connectivity index (χ0v) is 17.1. The number of carbonyl (C=O) groups excluding carboxylic acids is 2. The Labute approximate surface area is 158 Å². The average Bonchev–Trinajstić information content (AvgIpc) is 2.59. The van der Waals surface area contributed by atoms with Crippen molar-refractivity contribution in [3.8, 4) is 0 Å². The predicted molar refractivity (Wildman–Crippen MR) is 104 cm³/mol. The van der Waals surface area contributed by atoms with Gasteiger partial charge in [0.1, 0.15) is 12.2 Å². The van der Waals surface area contributed by atoms with Gasteiger partial charge in [-0.25, -0.2) is 9.59 Å². The molecule has 26 heavy (non-hydrogen) atoms. The first kappa shape index (κ1) is 22.2. The maximum atomic E-state index is 12.6. The molecule has 0 N–H and O–H groups in total. The third-order valence-electron chi connectivity index (χ3n) is 4.29. The van der Waals surface area contributed by atoms with Gasteiger partial charge in [0.15, 0.2) is 0 Å². The molecular weight excluding hydrogens is 328 g/mol. The molecule has 0 heterocycles. The van der Waals surface area contributed by atoms with Crippen molar-refractivity contribution in [1.29, 1.82) is 0 Å². The second kappa shape index (κ2) is 11.0. The van der Waals surface area contributed by atoms with E-state index in [0.29, 0.717) is 11.8 Å². The lowest BCUT2D eigenvalue weighted by Gasteiger charge is -2.20. The molecule has 0 aliphatic rings. The van der Waals surface area contributed by atoms with Crippen molar-refractivity contribution >= 4 is 11.9 Å². The second-order valence-electron chi connectivity index (χ2n) is 7.68. The van der Waals surface area contributed by atoms with Gasteiger partial charge in [0.25, 0.3) is 0 Å². The van der Waals surface area contributed by atoms with E-state index in [2.05, 4.69) is 27.7 Å². The first-order chi connectivity index (χ1) is 12.3. The van der Waals surface area contributed by atoms with Gasteiger partial charge in [-0.1, -0.05) is 53.7 Å². The largest absolute Gasteiger partial charge is 0.459 e. The van der Waals surface area contributed by atoms with Gasteiger partial charge in [-0.3, -0.25) is 0 Å². The number of hydrogen-bond donors (Lipinski definition) is 0. The highest BCUT2D eigenvalue weighted by atomic mass is 16.5. The minimum absolute atomic E-state index is 0.143. The Morgan fingerprint density at radius 2 is 1.12 bits per heavy atom. The summed E-state index contributed by atoms with van der Waals surface area (Å²) in [4.78, 5) is 25.2. The van der Waals surface area contributed by atoms with Crippen molar-refractivity contribution in [2.75, 3.05) is 0 Å². The van der Waals surface area contributed by atoms with Crippen molar-refractivity contribution in [3.63, 3.8) is 0 Å². The van der Waals surface area contributed by atoms with Crippen molar-refractivity contribution in [1.82, 2.24) is 0 Å². The zero-order chi connectivity index (χ0) is 19.7. The van der Waals surface area contributed by atoms with E-state index in [0.717, 1.165) is 25.7 Å². The fourth-order valence-corrected chi connectivity index (χ4v) is 2.92. The Hall–Kier alpha value is -1.84. The van der Waals surface area contributed by atoms with Gasteiger partial charge in [-0.05, 0) is 49.7 Å². The molecular formula is C22H34O4. The molecule has 0 saturated heterocycles. The quantitative estimate of drug-likeness (QED) is 0.505. The highest BCUT2D eigenvalue weighted by Crippen LogP contribution is 2.19. The van der Waals surface area contributed by atoms with Crippen molar-refractivity contribution in [2.45, 2.75) is 79.4 Å². The van der Waals surface area contributed by atoms with Gasteiger partial charge in [0.2, 0.25) is 0 Å². The van der Waals surface area contributed by atoms with Gasteiger partial charge >= 0.3 is 11.9 Å². The first-order valence-electron chi connectivity index (χ1n) is 9.79. The van der Waals surface area contributed by atoms with E-state index in [-0.39, 0.29) is 23.3 Å². The minimum Gasteiger partial charge on any atom is -0.459 e. The molecule has 2 unspecified atom stereocenters. The van der Waals surface area contributed by atoms with E-state index >= 15 is 0 Å². The molecule has 4 nitrogen and oxygen atoms in total. The fraction of sp³-hybridized carbons (Fsp3) is 0.636. The highest BCUT2D eigenvalue weighted by Gasteiger charge is 2.24. The summed E-state index contributed by atoms with van der Waals surface area (Å²) in [6, 6.07) is 6.74. The van der Waals surface area contributed by atoms with E-state index in [4.69, 9.17) is 9.47 Å².